The van der Waals surface area contributed by atoms with Crippen LogP contribution in [0.2, 0.25) is 0 Å². The molecule has 1 amide bonds. The summed E-state index contributed by atoms with van der Waals surface area (Å²) in [7, 11) is 0. The first kappa shape index (κ1) is 16.1. The van der Waals surface area contributed by atoms with Gasteiger partial charge in [0.25, 0.3) is 5.91 Å². The molecule has 118 valence electrons. The zero-order valence-corrected chi connectivity index (χ0v) is 14.3. The molecule has 4 heteroatoms. The first-order chi connectivity index (χ1) is 11.6. The Morgan fingerprint density at radius 1 is 0.750 bits per heavy atom. The van der Waals surface area contributed by atoms with E-state index in [-0.39, 0.29) is 11.7 Å². The summed E-state index contributed by atoms with van der Waals surface area (Å²) in [6.07, 6.45) is 0. The van der Waals surface area contributed by atoms with Gasteiger partial charge in [-0.3, -0.25) is 9.59 Å². The molecule has 0 atom stereocenters. The normalized spacial score (nSPS) is 10.2. The largest absolute Gasteiger partial charge is 0.322 e. The number of benzene rings is 3. The molecule has 3 rings (SSSR count). The lowest BCUT2D eigenvalue weighted by Gasteiger charge is -2.08. The van der Waals surface area contributed by atoms with E-state index in [4.69, 9.17) is 0 Å². The molecule has 3 aromatic carbocycles. The highest BCUT2D eigenvalue weighted by Crippen LogP contribution is 2.19. The topological polar surface area (TPSA) is 46.2 Å². The summed E-state index contributed by atoms with van der Waals surface area (Å²) in [5, 5.41) is 2.82. The van der Waals surface area contributed by atoms with Gasteiger partial charge in [-0.25, -0.2) is 0 Å². The van der Waals surface area contributed by atoms with Gasteiger partial charge in [0.05, 0.1) is 5.56 Å². The number of rotatable bonds is 4. The standard InChI is InChI=1S/C20H14BrNO2/c21-18-12-5-4-11-17(18)20(24)22-16-10-6-9-15(13-16)19(23)14-7-2-1-3-8-14/h1-13H,(H,22,24). The second-order valence-corrected chi connectivity index (χ2v) is 6.06. The molecule has 0 saturated heterocycles. The minimum Gasteiger partial charge on any atom is -0.322 e. The minimum absolute atomic E-state index is 0.0763. The Morgan fingerprint density at radius 3 is 2.17 bits per heavy atom. The molecule has 0 radical (unpaired) electrons. The zero-order valence-electron chi connectivity index (χ0n) is 12.7. The molecule has 3 nitrogen and oxygen atoms in total. The number of carbonyl (C=O) groups is 2. The molecule has 0 fully saturated rings. The van der Waals surface area contributed by atoms with E-state index < -0.39 is 0 Å². The molecular weight excluding hydrogens is 366 g/mol. The number of ketones is 1. The highest BCUT2D eigenvalue weighted by atomic mass is 79.9. The Hall–Kier alpha value is -2.72. The predicted octanol–water partition coefficient (Wildman–Crippen LogP) is 4.93. The summed E-state index contributed by atoms with van der Waals surface area (Å²) < 4.78 is 0.721. The number of anilines is 1. The monoisotopic (exact) mass is 379 g/mol. The minimum atomic E-state index is -0.230. The lowest BCUT2D eigenvalue weighted by atomic mass is 10.0. The molecule has 0 aliphatic rings. The fourth-order valence-corrected chi connectivity index (χ4v) is 2.80. The first-order valence-electron chi connectivity index (χ1n) is 7.41. The maximum Gasteiger partial charge on any atom is 0.256 e. The third kappa shape index (κ3) is 3.60. The number of hydrogen-bond acceptors (Lipinski definition) is 2. The lowest BCUT2D eigenvalue weighted by molar-refractivity contribution is 0.102. The van der Waals surface area contributed by atoms with Gasteiger partial charge in [0, 0.05) is 21.3 Å². The van der Waals surface area contributed by atoms with Crippen molar-refractivity contribution in [2.45, 2.75) is 0 Å². The molecule has 0 spiro atoms. The van der Waals surface area contributed by atoms with Crippen LogP contribution in [0, 0.1) is 0 Å². The van der Waals surface area contributed by atoms with Crippen molar-refractivity contribution in [2.75, 3.05) is 5.32 Å². The summed E-state index contributed by atoms with van der Waals surface area (Å²) in [5.74, 6) is -0.306. The summed E-state index contributed by atoms with van der Waals surface area (Å²) in [6, 6.07) is 23.2. The van der Waals surface area contributed by atoms with E-state index in [1.54, 1.807) is 48.5 Å². The van der Waals surface area contributed by atoms with Gasteiger partial charge in [0.1, 0.15) is 0 Å². The molecule has 3 aromatic rings. The molecule has 0 aromatic heterocycles. The third-order valence-electron chi connectivity index (χ3n) is 3.54. The second-order valence-electron chi connectivity index (χ2n) is 5.21. The van der Waals surface area contributed by atoms with Crippen molar-refractivity contribution in [2.24, 2.45) is 0 Å². The van der Waals surface area contributed by atoms with Crippen LogP contribution in [0.3, 0.4) is 0 Å². The average molecular weight is 380 g/mol. The molecule has 0 aliphatic heterocycles. The fourth-order valence-electron chi connectivity index (χ4n) is 2.34. The summed E-state index contributed by atoms with van der Waals surface area (Å²) in [5.41, 5.74) is 2.27. The van der Waals surface area contributed by atoms with Gasteiger partial charge < -0.3 is 5.32 Å². The van der Waals surface area contributed by atoms with Crippen molar-refractivity contribution < 1.29 is 9.59 Å². The maximum absolute atomic E-state index is 12.5. The fraction of sp³-hybridized carbons (Fsp3) is 0. The van der Waals surface area contributed by atoms with E-state index in [0.717, 1.165) is 4.47 Å². The summed E-state index contributed by atoms with van der Waals surface area (Å²) in [4.78, 5) is 24.8. The quantitative estimate of drug-likeness (QED) is 0.653. The molecule has 0 saturated carbocycles. The Labute approximate surface area is 148 Å². The highest BCUT2D eigenvalue weighted by molar-refractivity contribution is 9.10. The van der Waals surface area contributed by atoms with Crippen molar-refractivity contribution >= 4 is 33.3 Å². The first-order valence-corrected chi connectivity index (χ1v) is 8.20. The maximum atomic E-state index is 12.5. The number of hydrogen-bond donors (Lipinski definition) is 1. The molecule has 24 heavy (non-hydrogen) atoms. The van der Waals surface area contributed by atoms with Gasteiger partial charge in [0.15, 0.2) is 5.78 Å². The van der Waals surface area contributed by atoms with Gasteiger partial charge in [-0.05, 0) is 40.2 Å². The van der Waals surface area contributed by atoms with Gasteiger partial charge in [-0.2, -0.15) is 0 Å². The Bertz CT molecular complexity index is 891. The second kappa shape index (κ2) is 7.23. The van der Waals surface area contributed by atoms with Crippen LogP contribution in [-0.4, -0.2) is 11.7 Å². The molecule has 0 heterocycles. The predicted molar refractivity (Wildman–Crippen MR) is 98.4 cm³/mol. The average Bonchev–Trinajstić information content (AvgIpc) is 2.62. The van der Waals surface area contributed by atoms with Gasteiger partial charge >= 0.3 is 0 Å². The molecular formula is C20H14BrNO2. The van der Waals surface area contributed by atoms with Crippen molar-refractivity contribution in [1.82, 2.24) is 0 Å². The molecule has 1 N–H and O–H groups in total. The third-order valence-corrected chi connectivity index (χ3v) is 4.23. The molecule has 0 unspecified atom stereocenters. The van der Waals surface area contributed by atoms with Crippen LogP contribution in [0.1, 0.15) is 26.3 Å². The van der Waals surface area contributed by atoms with Gasteiger partial charge in [-0.15, -0.1) is 0 Å². The van der Waals surface area contributed by atoms with E-state index >= 15 is 0 Å². The van der Waals surface area contributed by atoms with E-state index in [2.05, 4.69) is 21.2 Å². The van der Waals surface area contributed by atoms with E-state index in [1.165, 1.54) is 0 Å². The van der Waals surface area contributed by atoms with Crippen LogP contribution in [0.5, 0.6) is 0 Å². The van der Waals surface area contributed by atoms with E-state index in [9.17, 15) is 9.59 Å². The Balaban J connectivity index is 1.82. The van der Waals surface area contributed by atoms with Crippen LogP contribution >= 0.6 is 15.9 Å². The lowest BCUT2D eigenvalue weighted by Crippen LogP contribution is -2.13. The van der Waals surface area contributed by atoms with Crippen LogP contribution < -0.4 is 5.32 Å². The van der Waals surface area contributed by atoms with E-state index in [0.29, 0.717) is 22.4 Å². The summed E-state index contributed by atoms with van der Waals surface area (Å²) in [6.45, 7) is 0. The van der Waals surface area contributed by atoms with Gasteiger partial charge in [-0.1, -0.05) is 54.6 Å². The van der Waals surface area contributed by atoms with Crippen LogP contribution in [0.15, 0.2) is 83.3 Å². The SMILES string of the molecule is O=C(c1ccccc1)c1cccc(NC(=O)c2ccccc2Br)c1. The number of amides is 1. The molecule has 0 aliphatic carbocycles. The van der Waals surface area contributed by atoms with E-state index in [1.807, 2.05) is 30.3 Å². The van der Waals surface area contributed by atoms with Crippen LogP contribution in [-0.2, 0) is 0 Å². The molecule has 0 bridgehead atoms. The van der Waals surface area contributed by atoms with Crippen molar-refractivity contribution in [3.8, 4) is 0 Å². The number of nitrogens with one attached hydrogen (secondary N) is 1. The van der Waals surface area contributed by atoms with Crippen molar-refractivity contribution in [3.05, 3.63) is 100 Å². The smallest absolute Gasteiger partial charge is 0.256 e. The van der Waals surface area contributed by atoms with Crippen LogP contribution in [0.4, 0.5) is 5.69 Å². The van der Waals surface area contributed by atoms with Gasteiger partial charge in [0.2, 0.25) is 0 Å². The Kier molecular flexibility index (Phi) is 4.87. The Morgan fingerprint density at radius 2 is 1.42 bits per heavy atom. The number of halogens is 1. The van der Waals surface area contributed by atoms with Crippen molar-refractivity contribution in [1.29, 1.82) is 0 Å². The zero-order chi connectivity index (χ0) is 16.9. The summed E-state index contributed by atoms with van der Waals surface area (Å²) >= 11 is 3.36. The van der Waals surface area contributed by atoms with Crippen LogP contribution in [0.25, 0.3) is 0 Å². The van der Waals surface area contributed by atoms with Crippen molar-refractivity contribution in [3.63, 3.8) is 0 Å². The number of carbonyl (C=O) groups excluding carboxylic acids is 2. The highest BCUT2D eigenvalue weighted by Gasteiger charge is 2.12.